The van der Waals surface area contributed by atoms with Crippen LogP contribution in [-0.4, -0.2) is 12.0 Å². The lowest BCUT2D eigenvalue weighted by Crippen LogP contribution is -2.28. The second-order valence-electron chi connectivity index (χ2n) is 4.55. The van der Waals surface area contributed by atoms with Gasteiger partial charge in [-0.05, 0) is 12.5 Å². The zero-order chi connectivity index (χ0) is 11.7. The Balaban J connectivity index is 2.04. The van der Waals surface area contributed by atoms with E-state index in [0.29, 0.717) is 12.0 Å². The summed E-state index contributed by atoms with van der Waals surface area (Å²) >= 11 is 1.98. The molecule has 0 bridgehead atoms. The van der Waals surface area contributed by atoms with E-state index >= 15 is 0 Å². The molecule has 0 spiro atoms. The van der Waals surface area contributed by atoms with E-state index in [9.17, 15) is 0 Å². The lowest BCUT2D eigenvalue weighted by Gasteiger charge is -2.30. The second kappa shape index (κ2) is 4.62. The van der Waals surface area contributed by atoms with Gasteiger partial charge in [0.25, 0.3) is 0 Å². The summed E-state index contributed by atoms with van der Waals surface area (Å²) in [6.07, 6.45) is 21.2. The average Bonchev–Trinajstić information content (AvgIpc) is 2.69. The third-order valence-corrected chi connectivity index (χ3v) is 4.80. The maximum Gasteiger partial charge on any atom is 0.204 e. The molecule has 1 aliphatic heterocycles. The van der Waals surface area contributed by atoms with Crippen molar-refractivity contribution in [3.8, 4) is 0 Å². The van der Waals surface area contributed by atoms with Crippen LogP contribution in [0.2, 0.25) is 6.82 Å². The largest absolute Gasteiger partial charge is 0.204 e. The third-order valence-electron chi connectivity index (χ3n) is 3.49. The van der Waals surface area contributed by atoms with Gasteiger partial charge in [0.2, 0.25) is 6.71 Å². The number of hydrogen-bond donors (Lipinski definition) is 0. The molecule has 1 saturated heterocycles. The quantitative estimate of drug-likeness (QED) is 0.572. The molecule has 1 heterocycles. The molecular weight excluding hydrogens is 223 g/mol. The van der Waals surface area contributed by atoms with E-state index in [1.54, 1.807) is 0 Å². The predicted octanol–water partition coefficient (Wildman–Crippen LogP) is 4.13. The first-order chi connectivity index (χ1) is 8.36. The molecule has 0 aromatic heterocycles. The Kier molecular flexibility index (Phi) is 2.98. The van der Waals surface area contributed by atoms with E-state index in [1.165, 1.54) is 15.9 Å². The van der Waals surface area contributed by atoms with Crippen molar-refractivity contribution < 1.29 is 0 Å². The highest BCUT2D eigenvalue weighted by Crippen LogP contribution is 2.43. The summed E-state index contributed by atoms with van der Waals surface area (Å²) in [6, 6.07) is 0. The van der Waals surface area contributed by atoms with Gasteiger partial charge in [0, 0.05) is 10.2 Å². The van der Waals surface area contributed by atoms with E-state index in [2.05, 4.69) is 61.5 Å². The molecule has 1 fully saturated rings. The molecular formula is C15H15BS. The van der Waals surface area contributed by atoms with Gasteiger partial charge < -0.3 is 0 Å². The van der Waals surface area contributed by atoms with Crippen molar-refractivity contribution >= 4 is 18.5 Å². The first kappa shape index (κ1) is 11.0. The second-order valence-corrected chi connectivity index (χ2v) is 5.73. The minimum absolute atomic E-state index is 0.509. The van der Waals surface area contributed by atoms with Gasteiger partial charge in [-0.2, -0.15) is 0 Å². The van der Waals surface area contributed by atoms with Crippen molar-refractivity contribution in [3.05, 3.63) is 70.5 Å². The van der Waals surface area contributed by atoms with Gasteiger partial charge in [-0.15, -0.1) is 11.8 Å². The molecule has 0 radical (unpaired) electrons. The molecule has 0 aromatic carbocycles. The van der Waals surface area contributed by atoms with Crippen LogP contribution in [0, 0.1) is 0 Å². The van der Waals surface area contributed by atoms with Gasteiger partial charge in [-0.3, -0.25) is 0 Å². The highest BCUT2D eigenvalue weighted by molar-refractivity contribution is 8.04. The summed E-state index contributed by atoms with van der Waals surface area (Å²) in [4.78, 5) is 1.44. The van der Waals surface area contributed by atoms with Gasteiger partial charge in [0.1, 0.15) is 0 Å². The van der Waals surface area contributed by atoms with Crippen LogP contribution in [0.3, 0.4) is 0 Å². The zero-order valence-corrected chi connectivity index (χ0v) is 10.8. The molecule has 0 saturated carbocycles. The molecule has 0 amide bonds. The number of hydrogen-bond acceptors (Lipinski definition) is 1. The Morgan fingerprint density at radius 2 is 2.12 bits per heavy atom. The molecule has 2 heteroatoms. The van der Waals surface area contributed by atoms with E-state index < -0.39 is 0 Å². The molecule has 0 nitrogen and oxygen atoms in total. The average molecular weight is 238 g/mol. The van der Waals surface area contributed by atoms with Gasteiger partial charge in [-0.1, -0.05) is 66.4 Å². The molecule has 1 unspecified atom stereocenters. The van der Waals surface area contributed by atoms with E-state index in [1.807, 2.05) is 11.8 Å². The maximum absolute atomic E-state index is 2.38. The number of thioether (sulfide) groups is 1. The Bertz CT molecular complexity index is 503. The lowest BCUT2D eigenvalue weighted by atomic mass is 9.40. The highest BCUT2D eigenvalue weighted by atomic mass is 32.2. The molecule has 3 rings (SSSR count). The van der Waals surface area contributed by atoms with Crippen LogP contribution < -0.4 is 0 Å². The number of fused-ring (bicyclic) bond motifs is 2. The summed E-state index contributed by atoms with van der Waals surface area (Å²) in [5.41, 5.74) is 3.04. The van der Waals surface area contributed by atoms with Crippen LogP contribution in [0.5, 0.6) is 0 Å². The van der Waals surface area contributed by atoms with Gasteiger partial charge >= 0.3 is 0 Å². The summed E-state index contributed by atoms with van der Waals surface area (Å²) < 4.78 is 0. The first-order valence-electron chi connectivity index (χ1n) is 6.15. The smallest absolute Gasteiger partial charge is 0.115 e. The Hall–Kier alpha value is -1.15. The summed E-state index contributed by atoms with van der Waals surface area (Å²) in [5, 5.41) is 0.509. The third kappa shape index (κ3) is 2.02. The summed E-state index contributed by atoms with van der Waals surface area (Å²) in [6.45, 7) is 2.87. The minimum atomic E-state index is 0.509. The number of rotatable bonds is 0. The van der Waals surface area contributed by atoms with Crippen molar-refractivity contribution in [3.63, 3.8) is 0 Å². The zero-order valence-electron chi connectivity index (χ0n) is 9.97. The fraction of sp³-hybridized carbons (Fsp3) is 0.200. The van der Waals surface area contributed by atoms with Crippen LogP contribution in [0.25, 0.3) is 0 Å². The maximum atomic E-state index is 2.38. The fourth-order valence-corrected chi connectivity index (χ4v) is 3.95. The molecule has 2 aliphatic carbocycles. The van der Waals surface area contributed by atoms with Gasteiger partial charge in [0.15, 0.2) is 0 Å². The van der Waals surface area contributed by atoms with Gasteiger partial charge in [-0.25, -0.2) is 0 Å². The van der Waals surface area contributed by atoms with Crippen LogP contribution >= 0.6 is 11.8 Å². The van der Waals surface area contributed by atoms with Crippen LogP contribution in [0.4, 0.5) is 0 Å². The SMILES string of the molecule is CB1C2=CCC=CC=C2SC2C=CC=CC=C12. The Morgan fingerprint density at radius 3 is 3.06 bits per heavy atom. The monoisotopic (exact) mass is 238 g/mol. The molecule has 1 atom stereocenters. The topological polar surface area (TPSA) is 0 Å². The summed E-state index contributed by atoms with van der Waals surface area (Å²) in [5.74, 6) is 0. The van der Waals surface area contributed by atoms with Crippen LogP contribution in [0.15, 0.2) is 70.5 Å². The Morgan fingerprint density at radius 1 is 1.18 bits per heavy atom. The molecule has 84 valence electrons. The fourth-order valence-electron chi connectivity index (χ4n) is 2.54. The van der Waals surface area contributed by atoms with E-state index in [-0.39, 0.29) is 0 Å². The van der Waals surface area contributed by atoms with Crippen molar-refractivity contribution in [1.29, 1.82) is 0 Å². The highest BCUT2D eigenvalue weighted by Gasteiger charge is 2.32. The summed E-state index contributed by atoms with van der Waals surface area (Å²) in [7, 11) is 0. The van der Waals surface area contributed by atoms with E-state index in [4.69, 9.17) is 0 Å². The van der Waals surface area contributed by atoms with Crippen molar-refractivity contribution in [2.75, 3.05) is 0 Å². The predicted molar refractivity (Wildman–Crippen MR) is 79.3 cm³/mol. The molecule has 0 N–H and O–H groups in total. The molecule has 3 aliphatic rings. The van der Waals surface area contributed by atoms with Crippen molar-refractivity contribution in [2.24, 2.45) is 0 Å². The van der Waals surface area contributed by atoms with Crippen LogP contribution in [-0.2, 0) is 0 Å². The van der Waals surface area contributed by atoms with Crippen molar-refractivity contribution in [1.82, 2.24) is 0 Å². The van der Waals surface area contributed by atoms with E-state index in [0.717, 1.165) is 6.42 Å². The lowest BCUT2D eigenvalue weighted by molar-refractivity contribution is 1.33. The van der Waals surface area contributed by atoms with Crippen molar-refractivity contribution in [2.45, 2.75) is 18.5 Å². The first-order valence-corrected chi connectivity index (χ1v) is 7.03. The minimum Gasteiger partial charge on any atom is -0.115 e. The van der Waals surface area contributed by atoms with Gasteiger partial charge in [0.05, 0.1) is 0 Å². The number of allylic oxidation sites excluding steroid dienone is 9. The molecule has 0 aromatic rings. The normalized spacial score (nSPS) is 26.3. The van der Waals surface area contributed by atoms with Crippen LogP contribution in [0.1, 0.15) is 6.42 Å². The molecule has 17 heavy (non-hydrogen) atoms. The standard InChI is InChI=1S/C15H15BS/c1-16-12-8-4-2-6-10-14(12)17-15-11-7-3-5-9-13(15)16/h2-4,6-11,14H,5H2,1H3. The Labute approximate surface area is 108 Å².